The third-order valence-corrected chi connectivity index (χ3v) is 3.26. The van der Waals surface area contributed by atoms with Crippen LogP contribution >= 0.6 is 0 Å². The van der Waals surface area contributed by atoms with Gasteiger partial charge in [0.1, 0.15) is 0 Å². The van der Waals surface area contributed by atoms with Gasteiger partial charge >= 0.3 is 5.97 Å². The minimum atomic E-state index is -0.835. The van der Waals surface area contributed by atoms with Crippen LogP contribution in [-0.2, 0) is 16.0 Å². The molecule has 1 atom stereocenters. The standard InChI is InChI=1S/C16H24N2O3/c1-12(10-16(20)21)11-17-15(19)9-6-13-4-7-14(8-5-13)18(2)3/h4-5,7-8,12H,6,9-11H2,1-3H3,(H,17,19)(H,20,21). The number of aryl methyl sites for hydroxylation is 1. The monoisotopic (exact) mass is 292 g/mol. The number of carboxylic acid groups (broad SMARTS) is 1. The molecule has 5 heteroatoms. The second-order valence-corrected chi connectivity index (χ2v) is 5.57. The Balaban J connectivity index is 2.31. The Morgan fingerprint density at radius 1 is 1.24 bits per heavy atom. The van der Waals surface area contributed by atoms with Crippen molar-refractivity contribution in [3.8, 4) is 0 Å². The fraction of sp³-hybridized carbons (Fsp3) is 0.500. The zero-order valence-corrected chi connectivity index (χ0v) is 12.9. The predicted molar refractivity (Wildman–Crippen MR) is 83.5 cm³/mol. The van der Waals surface area contributed by atoms with E-state index < -0.39 is 5.97 Å². The van der Waals surface area contributed by atoms with E-state index in [0.717, 1.165) is 11.3 Å². The molecule has 21 heavy (non-hydrogen) atoms. The molecule has 0 aromatic heterocycles. The van der Waals surface area contributed by atoms with Gasteiger partial charge in [0.25, 0.3) is 0 Å². The molecule has 0 aliphatic carbocycles. The minimum Gasteiger partial charge on any atom is -0.481 e. The molecule has 0 aliphatic heterocycles. The van der Waals surface area contributed by atoms with Crippen LogP contribution in [0.4, 0.5) is 5.69 Å². The van der Waals surface area contributed by atoms with Gasteiger partial charge in [0, 0.05) is 39.2 Å². The Morgan fingerprint density at radius 2 is 1.86 bits per heavy atom. The van der Waals surface area contributed by atoms with Gasteiger partial charge < -0.3 is 15.3 Å². The van der Waals surface area contributed by atoms with Crippen LogP contribution in [0, 0.1) is 5.92 Å². The van der Waals surface area contributed by atoms with Gasteiger partial charge in [-0.1, -0.05) is 19.1 Å². The van der Waals surface area contributed by atoms with Crippen molar-refractivity contribution >= 4 is 17.6 Å². The van der Waals surface area contributed by atoms with Crippen molar-refractivity contribution in [2.45, 2.75) is 26.2 Å². The Kier molecular flexibility index (Phi) is 6.72. The van der Waals surface area contributed by atoms with Crippen LogP contribution in [0.5, 0.6) is 0 Å². The Hall–Kier alpha value is -2.04. The van der Waals surface area contributed by atoms with E-state index in [1.165, 1.54) is 0 Å². The summed E-state index contributed by atoms with van der Waals surface area (Å²) in [5, 5.41) is 11.4. The molecule has 1 aromatic carbocycles. The number of hydrogen-bond donors (Lipinski definition) is 2. The first-order valence-corrected chi connectivity index (χ1v) is 7.13. The summed E-state index contributed by atoms with van der Waals surface area (Å²) in [5.74, 6) is -0.924. The van der Waals surface area contributed by atoms with Crippen molar-refractivity contribution < 1.29 is 14.7 Å². The summed E-state index contributed by atoms with van der Waals surface area (Å²) in [6.07, 6.45) is 1.18. The molecule has 2 N–H and O–H groups in total. The Labute approximate surface area is 126 Å². The van der Waals surface area contributed by atoms with E-state index in [4.69, 9.17) is 5.11 Å². The van der Waals surface area contributed by atoms with E-state index in [0.29, 0.717) is 19.4 Å². The molecule has 1 rings (SSSR count). The van der Waals surface area contributed by atoms with Gasteiger partial charge in [0.2, 0.25) is 5.91 Å². The van der Waals surface area contributed by atoms with Crippen LogP contribution in [0.25, 0.3) is 0 Å². The number of rotatable bonds is 8. The molecule has 1 unspecified atom stereocenters. The molecule has 1 aromatic rings. The first-order valence-electron chi connectivity index (χ1n) is 7.13. The Bertz CT molecular complexity index is 469. The first-order chi connectivity index (χ1) is 9.88. The average Bonchev–Trinajstić information content (AvgIpc) is 2.42. The highest BCUT2D eigenvalue weighted by atomic mass is 16.4. The van der Waals surface area contributed by atoms with E-state index in [1.54, 1.807) is 0 Å². The molecule has 0 saturated heterocycles. The summed E-state index contributed by atoms with van der Waals surface area (Å²) in [6, 6.07) is 8.11. The zero-order valence-electron chi connectivity index (χ0n) is 12.9. The lowest BCUT2D eigenvalue weighted by Crippen LogP contribution is -2.29. The van der Waals surface area contributed by atoms with Crippen molar-refractivity contribution in [2.24, 2.45) is 5.92 Å². The lowest BCUT2D eigenvalue weighted by molar-refractivity contribution is -0.138. The number of amides is 1. The number of carbonyl (C=O) groups excluding carboxylic acids is 1. The maximum absolute atomic E-state index is 11.7. The molecule has 0 aliphatic rings. The van der Waals surface area contributed by atoms with Crippen LogP contribution < -0.4 is 10.2 Å². The fourth-order valence-corrected chi connectivity index (χ4v) is 1.97. The highest BCUT2D eigenvalue weighted by molar-refractivity contribution is 5.76. The molecule has 116 valence electrons. The topological polar surface area (TPSA) is 69.6 Å². The van der Waals surface area contributed by atoms with Gasteiger partial charge in [-0.2, -0.15) is 0 Å². The van der Waals surface area contributed by atoms with E-state index in [2.05, 4.69) is 5.32 Å². The normalized spacial score (nSPS) is 11.8. The summed E-state index contributed by atoms with van der Waals surface area (Å²) < 4.78 is 0. The number of carboxylic acids is 1. The summed E-state index contributed by atoms with van der Waals surface area (Å²) in [6.45, 7) is 2.22. The number of nitrogens with one attached hydrogen (secondary N) is 1. The molecular weight excluding hydrogens is 268 g/mol. The van der Waals surface area contributed by atoms with Gasteiger partial charge in [-0.05, 0) is 30.0 Å². The Morgan fingerprint density at radius 3 is 2.38 bits per heavy atom. The fourth-order valence-electron chi connectivity index (χ4n) is 1.97. The summed E-state index contributed by atoms with van der Waals surface area (Å²) in [7, 11) is 3.97. The molecular formula is C16H24N2O3. The van der Waals surface area contributed by atoms with E-state index in [-0.39, 0.29) is 18.2 Å². The maximum Gasteiger partial charge on any atom is 0.303 e. The molecule has 0 bridgehead atoms. The quantitative estimate of drug-likeness (QED) is 0.768. The largest absolute Gasteiger partial charge is 0.481 e. The zero-order chi connectivity index (χ0) is 15.8. The predicted octanol–water partition coefficient (Wildman–Crippen LogP) is 1.91. The second-order valence-electron chi connectivity index (χ2n) is 5.57. The van der Waals surface area contributed by atoms with E-state index in [1.807, 2.05) is 50.2 Å². The van der Waals surface area contributed by atoms with Gasteiger partial charge in [-0.3, -0.25) is 9.59 Å². The molecule has 0 heterocycles. The van der Waals surface area contributed by atoms with Crippen LogP contribution in [0.2, 0.25) is 0 Å². The van der Waals surface area contributed by atoms with Crippen LogP contribution in [0.1, 0.15) is 25.3 Å². The van der Waals surface area contributed by atoms with E-state index in [9.17, 15) is 9.59 Å². The number of nitrogens with zero attached hydrogens (tertiary/aromatic N) is 1. The first kappa shape index (κ1) is 17.0. The van der Waals surface area contributed by atoms with Gasteiger partial charge in [0.05, 0.1) is 0 Å². The average molecular weight is 292 g/mol. The van der Waals surface area contributed by atoms with Gasteiger partial charge in [0.15, 0.2) is 0 Å². The SMILES string of the molecule is CC(CNC(=O)CCc1ccc(N(C)C)cc1)CC(=O)O. The third-order valence-electron chi connectivity index (χ3n) is 3.26. The number of benzene rings is 1. The molecule has 0 fully saturated rings. The van der Waals surface area contributed by atoms with Crippen LogP contribution in [0.15, 0.2) is 24.3 Å². The lowest BCUT2D eigenvalue weighted by Gasteiger charge is -2.13. The lowest BCUT2D eigenvalue weighted by atomic mass is 10.1. The van der Waals surface area contributed by atoms with Gasteiger partial charge in [-0.25, -0.2) is 0 Å². The smallest absolute Gasteiger partial charge is 0.303 e. The van der Waals surface area contributed by atoms with Crippen molar-refractivity contribution in [2.75, 3.05) is 25.5 Å². The number of hydrogen-bond acceptors (Lipinski definition) is 3. The molecule has 0 spiro atoms. The van der Waals surface area contributed by atoms with Crippen molar-refractivity contribution in [1.29, 1.82) is 0 Å². The van der Waals surface area contributed by atoms with Crippen molar-refractivity contribution in [1.82, 2.24) is 5.32 Å². The van der Waals surface area contributed by atoms with Crippen LogP contribution in [0.3, 0.4) is 0 Å². The highest BCUT2D eigenvalue weighted by Gasteiger charge is 2.09. The van der Waals surface area contributed by atoms with Gasteiger partial charge in [-0.15, -0.1) is 0 Å². The summed E-state index contributed by atoms with van der Waals surface area (Å²) in [4.78, 5) is 24.3. The van der Waals surface area contributed by atoms with Crippen LogP contribution in [-0.4, -0.2) is 37.6 Å². The number of anilines is 1. The molecule has 5 nitrogen and oxygen atoms in total. The second kappa shape index (κ2) is 8.29. The number of aliphatic carboxylic acids is 1. The summed E-state index contributed by atoms with van der Waals surface area (Å²) >= 11 is 0. The summed E-state index contributed by atoms with van der Waals surface area (Å²) in [5.41, 5.74) is 2.25. The van der Waals surface area contributed by atoms with E-state index >= 15 is 0 Å². The third kappa shape index (κ3) is 6.79. The molecule has 0 radical (unpaired) electrons. The molecule has 0 saturated carbocycles. The number of carbonyl (C=O) groups is 2. The van der Waals surface area contributed by atoms with Crippen molar-refractivity contribution in [3.63, 3.8) is 0 Å². The highest BCUT2D eigenvalue weighted by Crippen LogP contribution is 2.13. The minimum absolute atomic E-state index is 0.0380. The van der Waals surface area contributed by atoms with Crippen molar-refractivity contribution in [3.05, 3.63) is 29.8 Å². The molecule has 1 amide bonds. The maximum atomic E-state index is 11.7.